The van der Waals surface area contributed by atoms with Crippen LogP contribution in [0.15, 0.2) is 59.0 Å². The largest absolute Gasteiger partial charge is 0.436 e. The SMILES string of the molecule is Cc1ccc2nc(-c3cc(NC(=S)NC(=O)c4ccc5nsnc5c4)ccc3Cl)oc2c1. The average Bonchev–Trinajstić information content (AvgIpc) is 3.40. The molecule has 7 nitrogen and oxygen atoms in total. The molecule has 2 N–H and O–H groups in total. The average molecular weight is 480 g/mol. The molecular formula is C22H14ClN5O2S2. The predicted molar refractivity (Wildman–Crippen MR) is 130 cm³/mol. The third kappa shape index (κ3) is 4.05. The minimum atomic E-state index is -0.346. The Labute approximate surface area is 196 Å². The maximum Gasteiger partial charge on any atom is 0.257 e. The number of hydrogen-bond acceptors (Lipinski definition) is 7. The quantitative estimate of drug-likeness (QED) is 0.326. The second-order valence-corrected chi connectivity index (χ2v) is 8.40. The number of carbonyl (C=O) groups excluding carboxylic acids is 1. The van der Waals surface area contributed by atoms with Crippen molar-refractivity contribution < 1.29 is 9.21 Å². The van der Waals surface area contributed by atoms with Crippen molar-refractivity contribution in [1.29, 1.82) is 0 Å². The molecule has 0 saturated carbocycles. The lowest BCUT2D eigenvalue weighted by atomic mass is 10.2. The molecule has 0 aliphatic heterocycles. The molecule has 0 atom stereocenters. The number of rotatable bonds is 3. The fourth-order valence-electron chi connectivity index (χ4n) is 3.17. The first-order valence-corrected chi connectivity index (χ1v) is 11.0. The Balaban J connectivity index is 1.34. The number of nitrogens with one attached hydrogen (secondary N) is 2. The number of amides is 1. The summed E-state index contributed by atoms with van der Waals surface area (Å²) in [5.41, 5.74) is 5.60. The van der Waals surface area contributed by atoms with Gasteiger partial charge in [0.05, 0.1) is 22.3 Å². The molecule has 5 rings (SSSR count). The Morgan fingerprint density at radius 3 is 2.72 bits per heavy atom. The summed E-state index contributed by atoms with van der Waals surface area (Å²) in [5, 5.41) is 6.30. The van der Waals surface area contributed by atoms with Crippen molar-refractivity contribution in [3.8, 4) is 11.5 Å². The first-order chi connectivity index (χ1) is 15.5. The molecular weight excluding hydrogens is 466 g/mol. The lowest BCUT2D eigenvalue weighted by molar-refractivity contribution is 0.0978. The van der Waals surface area contributed by atoms with Crippen LogP contribution >= 0.6 is 35.5 Å². The van der Waals surface area contributed by atoms with Crippen LogP contribution in [-0.4, -0.2) is 24.8 Å². The number of halogens is 1. The molecule has 0 unspecified atom stereocenters. The smallest absolute Gasteiger partial charge is 0.257 e. The maximum absolute atomic E-state index is 12.6. The summed E-state index contributed by atoms with van der Waals surface area (Å²) < 4.78 is 14.2. The molecule has 2 aromatic heterocycles. The van der Waals surface area contributed by atoms with Gasteiger partial charge in [-0.2, -0.15) is 8.75 Å². The van der Waals surface area contributed by atoms with Crippen molar-refractivity contribution >= 4 is 74.4 Å². The van der Waals surface area contributed by atoms with E-state index in [4.69, 9.17) is 28.2 Å². The summed E-state index contributed by atoms with van der Waals surface area (Å²) >= 11 is 12.8. The van der Waals surface area contributed by atoms with E-state index in [0.29, 0.717) is 38.8 Å². The number of carbonyl (C=O) groups is 1. The lowest BCUT2D eigenvalue weighted by Gasteiger charge is -2.11. The van der Waals surface area contributed by atoms with Crippen molar-refractivity contribution in [3.05, 3.63) is 70.7 Å². The zero-order valence-electron chi connectivity index (χ0n) is 16.5. The van der Waals surface area contributed by atoms with E-state index < -0.39 is 0 Å². The van der Waals surface area contributed by atoms with Crippen LogP contribution in [0.25, 0.3) is 33.6 Å². The second kappa shape index (κ2) is 8.27. The fourth-order valence-corrected chi connectivity index (χ4v) is 4.10. The van der Waals surface area contributed by atoms with Crippen LogP contribution in [0.4, 0.5) is 5.69 Å². The highest BCUT2D eigenvalue weighted by atomic mass is 35.5. The Bertz CT molecular complexity index is 1510. The summed E-state index contributed by atoms with van der Waals surface area (Å²) in [5.74, 6) is 0.0558. The minimum Gasteiger partial charge on any atom is -0.436 e. The van der Waals surface area contributed by atoms with E-state index in [0.717, 1.165) is 28.3 Å². The Morgan fingerprint density at radius 2 is 1.84 bits per heavy atom. The van der Waals surface area contributed by atoms with Gasteiger partial charge >= 0.3 is 0 Å². The highest BCUT2D eigenvalue weighted by Gasteiger charge is 2.14. The van der Waals surface area contributed by atoms with Crippen LogP contribution in [0, 0.1) is 6.92 Å². The van der Waals surface area contributed by atoms with Gasteiger partial charge in [-0.1, -0.05) is 17.7 Å². The van der Waals surface area contributed by atoms with Gasteiger partial charge in [0.2, 0.25) is 5.89 Å². The zero-order chi connectivity index (χ0) is 22.2. The molecule has 0 saturated heterocycles. The number of thiocarbonyl (C=S) groups is 1. The first kappa shape index (κ1) is 20.5. The summed E-state index contributed by atoms with van der Waals surface area (Å²) in [7, 11) is 0. The number of oxazole rings is 1. The summed E-state index contributed by atoms with van der Waals surface area (Å²) in [6.07, 6.45) is 0. The number of aryl methyl sites for hydroxylation is 1. The van der Waals surface area contributed by atoms with Crippen molar-refractivity contribution in [2.75, 3.05) is 5.32 Å². The minimum absolute atomic E-state index is 0.146. The number of aromatic nitrogens is 3. The van der Waals surface area contributed by atoms with Crippen LogP contribution in [0.5, 0.6) is 0 Å². The molecule has 3 aromatic carbocycles. The molecule has 1 amide bonds. The number of fused-ring (bicyclic) bond motifs is 2. The molecule has 0 fully saturated rings. The standard InChI is InChI=1S/C22H14ClN5O2S2/c1-11-2-6-17-19(8-11)30-21(25-17)14-10-13(4-5-15(14)23)24-22(31)26-20(29)12-3-7-16-18(9-12)28-32-27-16/h2-10H,1H3,(H2,24,26,29,31). The molecule has 0 spiro atoms. The van der Waals surface area contributed by atoms with Gasteiger partial charge < -0.3 is 9.73 Å². The van der Waals surface area contributed by atoms with E-state index in [-0.39, 0.29) is 11.0 Å². The van der Waals surface area contributed by atoms with Crippen LogP contribution in [-0.2, 0) is 0 Å². The Hall–Kier alpha value is -3.40. The second-order valence-electron chi connectivity index (χ2n) is 7.06. The van der Waals surface area contributed by atoms with Gasteiger partial charge in [-0.25, -0.2) is 4.98 Å². The van der Waals surface area contributed by atoms with Crippen LogP contribution in [0.2, 0.25) is 5.02 Å². The zero-order valence-corrected chi connectivity index (χ0v) is 18.9. The molecule has 10 heteroatoms. The topological polar surface area (TPSA) is 92.9 Å². The van der Waals surface area contributed by atoms with E-state index >= 15 is 0 Å². The molecule has 0 bridgehead atoms. The molecule has 32 heavy (non-hydrogen) atoms. The number of nitrogens with zero attached hydrogens (tertiary/aromatic N) is 3. The third-order valence-electron chi connectivity index (χ3n) is 4.74. The van der Waals surface area contributed by atoms with Gasteiger partial charge in [0.15, 0.2) is 10.7 Å². The molecule has 0 radical (unpaired) electrons. The third-order valence-corrected chi connectivity index (χ3v) is 5.83. The van der Waals surface area contributed by atoms with Gasteiger partial charge in [-0.3, -0.25) is 10.1 Å². The van der Waals surface area contributed by atoms with Gasteiger partial charge in [-0.05, 0) is 73.2 Å². The van der Waals surface area contributed by atoms with Crippen molar-refractivity contribution in [1.82, 2.24) is 19.0 Å². The number of anilines is 1. The fraction of sp³-hybridized carbons (Fsp3) is 0.0455. The Morgan fingerprint density at radius 1 is 1.03 bits per heavy atom. The van der Waals surface area contributed by atoms with Crippen molar-refractivity contribution in [2.24, 2.45) is 0 Å². The van der Waals surface area contributed by atoms with Gasteiger partial charge in [0.25, 0.3) is 5.91 Å². The molecule has 5 aromatic rings. The highest BCUT2D eigenvalue weighted by molar-refractivity contribution is 7.80. The summed E-state index contributed by atoms with van der Waals surface area (Å²) in [4.78, 5) is 17.1. The number of benzene rings is 3. The van der Waals surface area contributed by atoms with Crippen molar-refractivity contribution in [2.45, 2.75) is 6.92 Å². The normalized spacial score (nSPS) is 11.1. The van der Waals surface area contributed by atoms with E-state index in [9.17, 15) is 4.79 Å². The molecule has 0 aliphatic rings. The summed E-state index contributed by atoms with van der Waals surface area (Å²) in [6, 6.07) is 16.1. The lowest BCUT2D eigenvalue weighted by Crippen LogP contribution is -2.34. The van der Waals surface area contributed by atoms with Crippen LogP contribution in [0.3, 0.4) is 0 Å². The van der Waals surface area contributed by atoms with E-state index in [2.05, 4.69) is 24.4 Å². The monoisotopic (exact) mass is 479 g/mol. The van der Waals surface area contributed by atoms with Gasteiger partial charge in [0.1, 0.15) is 16.6 Å². The first-order valence-electron chi connectivity index (χ1n) is 9.48. The molecule has 2 heterocycles. The number of hydrogen-bond donors (Lipinski definition) is 2. The van der Waals surface area contributed by atoms with Gasteiger partial charge in [-0.15, -0.1) is 0 Å². The molecule has 0 aliphatic carbocycles. The van der Waals surface area contributed by atoms with Crippen LogP contribution < -0.4 is 10.6 Å². The van der Waals surface area contributed by atoms with E-state index in [1.165, 1.54) is 0 Å². The maximum atomic E-state index is 12.6. The van der Waals surface area contributed by atoms with Crippen molar-refractivity contribution in [3.63, 3.8) is 0 Å². The van der Waals surface area contributed by atoms with E-state index in [1.807, 2.05) is 25.1 Å². The van der Waals surface area contributed by atoms with Gasteiger partial charge in [0, 0.05) is 11.3 Å². The highest BCUT2D eigenvalue weighted by Crippen LogP contribution is 2.32. The van der Waals surface area contributed by atoms with E-state index in [1.54, 1.807) is 36.4 Å². The Kier molecular flexibility index (Phi) is 5.30. The van der Waals surface area contributed by atoms with Crippen LogP contribution in [0.1, 0.15) is 15.9 Å². The summed E-state index contributed by atoms with van der Waals surface area (Å²) in [6.45, 7) is 1.99. The predicted octanol–water partition coefficient (Wildman–Crippen LogP) is 5.59. The molecule has 158 valence electrons.